The Hall–Kier alpha value is -1.92. The molecule has 0 aromatic heterocycles. The summed E-state index contributed by atoms with van der Waals surface area (Å²) in [6.07, 6.45) is 8.12. The molecule has 0 spiro atoms. The van der Waals surface area contributed by atoms with Gasteiger partial charge in [-0.2, -0.15) is 0 Å². The highest BCUT2D eigenvalue weighted by Gasteiger charge is 2.39. The monoisotopic (exact) mass is 419 g/mol. The predicted octanol–water partition coefficient (Wildman–Crippen LogP) is 4.37. The van der Waals surface area contributed by atoms with Crippen LogP contribution < -0.4 is 0 Å². The molecule has 1 N–H and O–H groups in total. The van der Waals surface area contributed by atoms with E-state index in [2.05, 4.69) is 0 Å². The molecule has 1 heterocycles. The average molecular weight is 420 g/mol. The molecule has 2 aliphatic rings. The number of aliphatic hydroxyl groups is 1. The molecule has 1 aliphatic carbocycles. The van der Waals surface area contributed by atoms with Gasteiger partial charge in [0.05, 0.1) is 0 Å². The highest BCUT2D eigenvalue weighted by Crippen LogP contribution is 2.40. The van der Waals surface area contributed by atoms with Gasteiger partial charge >= 0.3 is 0 Å². The van der Waals surface area contributed by atoms with Crippen LogP contribution in [-0.2, 0) is 14.3 Å². The van der Waals surface area contributed by atoms with Gasteiger partial charge in [-0.3, -0.25) is 4.79 Å². The van der Waals surface area contributed by atoms with Gasteiger partial charge in [0.25, 0.3) is 5.91 Å². The van der Waals surface area contributed by atoms with Crippen LogP contribution in [0.15, 0.2) is 36.1 Å². The second-order valence-corrected chi connectivity index (χ2v) is 8.29. The number of carbonyl (C=O) groups excluding carboxylic acids is 1. The highest BCUT2D eigenvalue weighted by atomic mass is 19.1. The Bertz CT molecular complexity index is 714. The van der Waals surface area contributed by atoms with Crippen molar-refractivity contribution in [3.05, 3.63) is 47.5 Å². The molecule has 3 atom stereocenters. The first-order valence-corrected chi connectivity index (χ1v) is 11.2. The Kier molecular flexibility index (Phi) is 8.28. The largest absolute Gasteiger partial charge is 0.459 e. The molecule has 5 nitrogen and oxygen atoms in total. The lowest BCUT2D eigenvalue weighted by atomic mass is 9.80. The lowest BCUT2D eigenvalue weighted by Gasteiger charge is -2.39. The van der Waals surface area contributed by atoms with Crippen molar-refractivity contribution in [3.8, 4) is 0 Å². The third-order valence-electron chi connectivity index (χ3n) is 6.32. The number of halogens is 1. The molecule has 1 saturated carbocycles. The molecule has 1 aromatic carbocycles. The van der Waals surface area contributed by atoms with Crippen LogP contribution in [0.25, 0.3) is 0 Å². The number of rotatable bonds is 8. The van der Waals surface area contributed by atoms with Gasteiger partial charge in [-0.1, -0.05) is 31.4 Å². The normalized spacial score (nSPS) is 24.8. The van der Waals surface area contributed by atoms with E-state index in [0.717, 1.165) is 31.2 Å². The summed E-state index contributed by atoms with van der Waals surface area (Å²) in [5.41, 5.74) is 0.915. The number of ether oxygens (including phenoxy) is 2. The van der Waals surface area contributed by atoms with Crippen LogP contribution in [0.1, 0.15) is 63.4 Å². The number of nitrogens with zero attached hydrogens (tertiary/aromatic N) is 1. The van der Waals surface area contributed by atoms with E-state index in [1.807, 2.05) is 24.9 Å². The summed E-state index contributed by atoms with van der Waals surface area (Å²) in [5, 5.41) is 9.36. The fourth-order valence-electron chi connectivity index (χ4n) is 4.63. The highest BCUT2D eigenvalue weighted by molar-refractivity contribution is 5.91. The summed E-state index contributed by atoms with van der Waals surface area (Å²) < 4.78 is 25.5. The van der Waals surface area contributed by atoms with Gasteiger partial charge in [-0.05, 0) is 56.4 Å². The number of likely N-dealkylation sites (N-methyl/N-ethyl adjacent to an activating group) is 1. The van der Waals surface area contributed by atoms with Crippen LogP contribution >= 0.6 is 0 Å². The van der Waals surface area contributed by atoms with Crippen LogP contribution in [0.2, 0.25) is 0 Å². The van der Waals surface area contributed by atoms with Gasteiger partial charge in [-0.15, -0.1) is 0 Å². The van der Waals surface area contributed by atoms with Crippen LogP contribution in [0.3, 0.4) is 0 Å². The van der Waals surface area contributed by atoms with Crippen molar-refractivity contribution in [1.29, 1.82) is 0 Å². The minimum absolute atomic E-state index is 0.0703. The first kappa shape index (κ1) is 22.8. The van der Waals surface area contributed by atoms with Crippen molar-refractivity contribution in [1.82, 2.24) is 4.90 Å². The third-order valence-corrected chi connectivity index (χ3v) is 6.32. The van der Waals surface area contributed by atoms with E-state index in [1.54, 1.807) is 12.1 Å². The maximum Gasteiger partial charge on any atom is 0.288 e. The fraction of sp³-hybridized carbons (Fsp3) is 0.625. The molecule has 3 rings (SSSR count). The molecule has 1 aliphatic heterocycles. The smallest absolute Gasteiger partial charge is 0.288 e. The van der Waals surface area contributed by atoms with Crippen LogP contribution in [-0.4, -0.2) is 48.5 Å². The first-order chi connectivity index (χ1) is 14.5. The van der Waals surface area contributed by atoms with Gasteiger partial charge in [-0.25, -0.2) is 4.39 Å². The van der Waals surface area contributed by atoms with E-state index in [4.69, 9.17) is 9.47 Å². The molecule has 6 heteroatoms. The van der Waals surface area contributed by atoms with Crippen LogP contribution in [0, 0.1) is 11.7 Å². The summed E-state index contributed by atoms with van der Waals surface area (Å²) in [6.45, 7) is 2.43. The topological polar surface area (TPSA) is 59.0 Å². The summed E-state index contributed by atoms with van der Waals surface area (Å²) >= 11 is 0. The van der Waals surface area contributed by atoms with E-state index in [9.17, 15) is 14.3 Å². The SMILES string of the molecule is CCO[C@@H]1OC(C(=O)N(C)C2CCCCC2)=C[C@H](c2ccc(F)cc2)[C@@H]1CCCO. The minimum atomic E-state index is -0.583. The quantitative estimate of drug-likeness (QED) is 0.680. The number of amides is 1. The van der Waals surface area contributed by atoms with E-state index in [-0.39, 0.29) is 36.2 Å². The van der Waals surface area contributed by atoms with E-state index in [1.165, 1.54) is 18.6 Å². The summed E-state index contributed by atoms with van der Waals surface area (Å²) in [6, 6.07) is 6.62. The van der Waals surface area contributed by atoms with Gasteiger partial charge in [0.15, 0.2) is 5.76 Å². The van der Waals surface area contributed by atoms with E-state index in [0.29, 0.717) is 25.2 Å². The van der Waals surface area contributed by atoms with Gasteiger partial charge < -0.3 is 19.5 Å². The van der Waals surface area contributed by atoms with E-state index >= 15 is 0 Å². The van der Waals surface area contributed by atoms with Crippen molar-refractivity contribution < 1.29 is 23.8 Å². The Morgan fingerprint density at radius 1 is 1.23 bits per heavy atom. The summed E-state index contributed by atoms with van der Waals surface area (Å²) in [5.74, 6) is -0.341. The predicted molar refractivity (Wildman–Crippen MR) is 113 cm³/mol. The molecular formula is C24H34FNO4. The third kappa shape index (κ3) is 5.41. The molecule has 166 valence electrons. The van der Waals surface area contributed by atoms with Gasteiger partial charge in [0.2, 0.25) is 6.29 Å². The molecule has 0 unspecified atom stereocenters. The number of benzene rings is 1. The Balaban J connectivity index is 1.90. The van der Waals surface area contributed by atoms with Crippen molar-refractivity contribution in [3.63, 3.8) is 0 Å². The lowest BCUT2D eigenvalue weighted by molar-refractivity contribution is -0.170. The average Bonchev–Trinajstić information content (AvgIpc) is 2.78. The van der Waals surface area contributed by atoms with Crippen LogP contribution in [0.4, 0.5) is 4.39 Å². The zero-order chi connectivity index (χ0) is 21.5. The molecular weight excluding hydrogens is 385 g/mol. The maximum atomic E-state index is 13.5. The van der Waals surface area contributed by atoms with Crippen LogP contribution in [0.5, 0.6) is 0 Å². The first-order valence-electron chi connectivity index (χ1n) is 11.2. The zero-order valence-electron chi connectivity index (χ0n) is 18.1. The van der Waals surface area contributed by atoms with Crippen molar-refractivity contribution >= 4 is 5.91 Å². The number of hydrogen-bond acceptors (Lipinski definition) is 4. The number of carbonyl (C=O) groups is 1. The van der Waals surface area contributed by atoms with Gasteiger partial charge in [0.1, 0.15) is 5.82 Å². The lowest BCUT2D eigenvalue weighted by Crippen LogP contribution is -2.43. The fourth-order valence-corrected chi connectivity index (χ4v) is 4.63. The second kappa shape index (κ2) is 10.9. The molecule has 0 saturated heterocycles. The van der Waals surface area contributed by atoms with Gasteiger partial charge in [0, 0.05) is 38.1 Å². The Morgan fingerprint density at radius 2 is 1.93 bits per heavy atom. The zero-order valence-corrected chi connectivity index (χ0v) is 18.1. The number of aliphatic hydroxyl groups excluding tert-OH is 1. The number of allylic oxidation sites excluding steroid dienone is 1. The Morgan fingerprint density at radius 3 is 2.57 bits per heavy atom. The standard InChI is InChI=1S/C24H34FNO4/c1-3-29-24-20(10-7-15-27)21(17-11-13-18(25)14-12-17)16-22(30-24)23(28)26(2)19-8-5-4-6-9-19/h11-14,16,19-21,24,27H,3-10,15H2,1-2H3/t20-,21+,24+/m0/s1. The maximum absolute atomic E-state index is 13.5. The molecule has 0 radical (unpaired) electrons. The molecule has 0 bridgehead atoms. The van der Waals surface area contributed by atoms with Crippen molar-refractivity contribution in [2.24, 2.45) is 5.92 Å². The number of hydrogen-bond donors (Lipinski definition) is 1. The minimum Gasteiger partial charge on any atom is -0.459 e. The summed E-state index contributed by atoms with van der Waals surface area (Å²) in [4.78, 5) is 15.1. The van der Waals surface area contributed by atoms with Crippen molar-refractivity contribution in [2.75, 3.05) is 20.3 Å². The Labute approximate surface area is 178 Å². The molecule has 1 fully saturated rings. The second-order valence-electron chi connectivity index (χ2n) is 8.29. The molecule has 1 aromatic rings. The van der Waals surface area contributed by atoms with Crippen molar-refractivity contribution in [2.45, 2.75) is 70.1 Å². The molecule has 1 amide bonds. The summed E-state index contributed by atoms with van der Waals surface area (Å²) in [7, 11) is 1.85. The van der Waals surface area contributed by atoms with E-state index < -0.39 is 6.29 Å². The molecule has 30 heavy (non-hydrogen) atoms.